The van der Waals surface area contributed by atoms with Crippen LogP contribution < -0.4 is 0 Å². The first-order valence-electron chi connectivity index (χ1n) is 5.25. The normalized spacial score (nSPS) is 12.8. The number of unbranched alkanes of at least 4 members (excludes halogenated alkanes) is 2. The summed E-state index contributed by atoms with van der Waals surface area (Å²) in [7, 11) is -0.519. The van der Waals surface area contributed by atoms with Crippen molar-refractivity contribution < 1.29 is 0 Å². The predicted octanol–water partition coefficient (Wildman–Crippen LogP) is 4.89. The van der Waals surface area contributed by atoms with Crippen LogP contribution in [-0.4, -0.2) is 17.3 Å². The lowest BCUT2D eigenvalue weighted by Crippen LogP contribution is -2.05. The average molecular weight is 267 g/mol. The Labute approximate surface area is 92.7 Å². The van der Waals surface area contributed by atoms with Gasteiger partial charge in [-0.25, -0.2) is 0 Å². The Morgan fingerprint density at radius 3 is 1.92 bits per heavy atom. The summed E-state index contributed by atoms with van der Waals surface area (Å²) in [4.78, 5) is 0. The molecule has 0 aliphatic carbocycles. The summed E-state index contributed by atoms with van der Waals surface area (Å²) in [5.74, 6) is 3.93. The van der Waals surface area contributed by atoms with E-state index in [9.17, 15) is 0 Å². The second kappa shape index (κ2) is 7.93. The van der Waals surface area contributed by atoms with Gasteiger partial charge < -0.3 is 0 Å². The molecule has 0 atom stereocenters. The van der Waals surface area contributed by atoms with Crippen LogP contribution >= 0.6 is 23.3 Å². The van der Waals surface area contributed by atoms with Crippen LogP contribution in [0.1, 0.15) is 39.5 Å². The maximum absolute atomic E-state index is 3.96. The molecule has 0 N–H and O–H groups in total. The first-order valence-corrected chi connectivity index (χ1v) is 9.23. The fraction of sp³-hybridized carbons (Fsp3) is 0.818. The number of hydrogen-bond donors (Lipinski definition) is 0. The van der Waals surface area contributed by atoms with Crippen molar-refractivity contribution in [2.75, 3.05) is 17.3 Å². The molecule has 0 unspecified atom stereocenters. The zero-order valence-electron chi connectivity index (χ0n) is 9.02. The lowest BCUT2D eigenvalue weighted by Gasteiger charge is -2.32. The molecule has 0 spiro atoms. The van der Waals surface area contributed by atoms with Gasteiger partial charge in [0, 0.05) is 5.75 Å². The third-order valence-electron chi connectivity index (χ3n) is 2.14. The van der Waals surface area contributed by atoms with Crippen LogP contribution in [0.2, 0.25) is 0 Å². The lowest BCUT2D eigenvalue weighted by molar-refractivity contribution is 0.873. The summed E-state index contributed by atoms with van der Waals surface area (Å²) in [6, 6.07) is 0. The monoisotopic (exact) mass is 266 g/mol. The minimum Gasteiger partial charge on any atom is -0.180 e. The summed E-state index contributed by atoms with van der Waals surface area (Å²) in [5, 5.41) is 0. The average Bonchev–Trinajstić information content (AvgIpc) is 2.12. The van der Waals surface area contributed by atoms with Gasteiger partial charge in [0.2, 0.25) is 0 Å². The molecule has 0 aliphatic rings. The molecule has 0 bridgehead atoms. The van der Waals surface area contributed by atoms with Crippen LogP contribution in [0.3, 0.4) is 0 Å². The summed E-state index contributed by atoms with van der Waals surface area (Å²) < 4.78 is 0. The van der Waals surface area contributed by atoms with E-state index in [-0.39, 0.29) is 0 Å². The van der Waals surface area contributed by atoms with Gasteiger partial charge in [-0.2, -0.15) is 8.46 Å². The van der Waals surface area contributed by atoms with Gasteiger partial charge in [-0.3, -0.25) is 0 Å². The van der Waals surface area contributed by atoms with Gasteiger partial charge in [-0.15, -0.1) is 6.58 Å². The SMILES string of the molecule is C=CCS(Br)(CCCC)CCCC. The van der Waals surface area contributed by atoms with Crippen molar-refractivity contribution in [3.8, 4) is 0 Å². The highest BCUT2D eigenvalue weighted by Crippen LogP contribution is 2.56. The quantitative estimate of drug-likeness (QED) is 0.549. The Bertz CT molecular complexity index is 126. The molecule has 2 heteroatoms. The van der Waals surface area contributed by atoms with E-state index in [1.165, 1.54) is 42.9 Å². The van der Waals surface area contributed by atoms with Crippen molar-refractivity contribution in [3.63, 3.8) is 0 Å². The Balaban J connectivity index is 3.90. The molecule has 0 fully saturated rings. The molecule has 0 rings (SSSR count). The number of halogens is 1. The van der Waals surface area contributed by atoms with Gasteiger partial charge >= 0.3 is 0 Å². The molecule has 0 saturated heterocycles. The van der Waals surface area contributed by atoms with Gasteiger partial charge in [-0.05, 0) is 39.2 Å². The van der Waals surface area contributed by atoms with Crippen LogP contribution in [0.15, 0.2) is 12.7 Å². The number of hydrogen-bond acceptors (Lipinski definition) is 0. The Morgan fingerprint density at radius 2 is 1.62 bits per heavy atom. The van der Waals surface area contributed by atoms with Gasteiger partial charge in [0.15, 0.2) is 0 Å². The zero-order chi connectivity index (χ0) is 10.2. The Hall–Kier alpha value is 0.570. The second-order valence-electron chi connectivity index (χ2n) is 3.51. The van der Waals surface area contributed by atoms with Crippen LogP contribution in [0.5, 0.6) is 0 Å². The van der Waals surface area contributed by atoms with Crippen molar-refractivity contribution in [2.24, 2.45) is 0 Å². The van der Waals surface area contributed by atoms with Crippen LogP contribution in [-0.2, 0) is 0 Å². The maximum atomic E-state index is 3.96. The van der Waals surface area contributed by atoms with Crippen molar-refractivity contribution in [1.82, 2.24) is 0 Å². The third kappa shape index (κ3) is 6.62. The minimum atomic E-state index is -0.519. The molecule has 0 aliphatic heterocycles. The van der Waals surface area contributed by atoms with Crippen molar-refractivity contribution in [2.45, 2.75) is 39.5 Å². The first-order chi connectivity index (χ1) is 6.18. The van der Waals surface area contributed by atoms with Gasteiger partial charge in [0.25, 0.3) is 0 Å². The van der Waals surface area contributed by atoms with E-state index in [2.05, 4.69) is 41.3 Å². The van der Waals surface area contributed by atoms with Gasteiger partial charge in [-0.1, -0.05) is 32.8 Å². The van der Waals surface area contributed by atoms with E-state index >= 15 is 0 Å². The van der Waals surface area contributed by atoms with Crippen molar-refractivity contribution in [1.29, 1.82) is 0 Å². The smallest absolute Gasteiger partial charge is 0.00415 e. The summed E-state index contributed by atoms with van der Waals surface area (Å²) in [6.45, 7) is 8.38. The molecule has 0 amide bonds. The van der Waals surface area contributed by atoms with Crippen molar-refractivity contribution in [3.05, 3.63) is 12.7 Å². The molecule has 0 aromatic carbocycles. The van der Waals surface area contributed by atoms with Gasteiger partial charge in [0.1, 0.15) is 0 Å². The molecule has 0 heterocycles. The molecule has 0 nitrogen and oxygen atoms in total. The van der Waals surface area contributed by atoms with E-state index < -0.39 is 8.46 Å². The molecular weight excluding hydrogens is 244 g/mol. The minimum absolute atomic E-state index is 0.519. The third-order valence-corrected chi connectivity index (χ3v) is 7.75. The largest absolute Gasteiger partial charge is 0.180 e. The highest BCUT2D eigenvalue weighted by Gasteiger charge is 2.17. The van der Waals surface area contributed by atoms with Crippen LogP contribution in [0, 0.1) is 0 Å². The van der Waals surface area contributed by atoms with E-state index in [0.29, 0.717) is 0 Å². The van der Waals surface area contributed by atoms with E-state index in [1.807, 2.05) is 0 Å². The fourth-order valence-electron chi connectivity index (χ4n) is 1.29. The maximum Gasteiger partial charge on any atom is 0.00415 e. The van der Waals surface area contributed by atoms with Gasteiger partial charge in [0.05, 0.1) is 0 Å². The zero-order valence-corrected chi connectivity index (χ0v) is 11.4. The summed E-state index contributed by atoms with van der Waals surface area (Å²) in [5.41, 5.74) is 0. The standard InChI is InChI=1S/C11H23BrS/c1-4-7-10-13(12,9-6-3)11-8-5-2/h6H,3-5,7-11H2,1-2H3. The first kappa shape index (κ1) is 13.6. The second-order valence-corrected chi connectivity index (χ2v) is 10.7. The molecule has 0 radical (unpaired) electrons. The summed E-state index contributed by atoms with van der Waals surface area (Å²) in [6.07, 6.45) is 7.42. The molecule has 0 aromatic heterocycles. The Kier molecular flexibility index (Phi) is 8.27. The lowest BCUT2D eigenvalue weighted by atomic mass is 10.4. The molecular formula is C11H23BrS. The molecule has 0 aromatic rings. The highest BCUT2D eigenvalue weighted by molar-refractivity contribution is 9.58. The van der Waals surface area contributed by atoms with Crippen LogP contribution in [0.25, 0.3) is 0 Å². The Morgan fingerprint density at radius 1 is 1.15 bits per heavy atom. The van der Waals surface area contributed by atoms with Crippen LogP contribution in [0.4, 0.5) is 0 Å². The van der Waals surface area contributed by atoms with Crippen molar-refractivity contribution >= 4 is 23.3 Å². The predicted molar refractivity (Wildman–Crippen MR) is 71.1 cm³/mol. The topological polar surface area (TPSA) is 0 Å². The van der Waals surface area contributed by atoms with E-state index in [0.717, 1.165) is 0 Å². The summed E-state index contributed by atoms with van der Waals surface area (Å²) >= 11 is 3.96. The molecule has 13 heavy (non-hydrogen) atoms. The number of rotatable bonds is 8. The fourth-order valence-corrected chi connectivity index (χ4v) is 5.79. The molecule has 0 saturated carbocycles. The van der Waals surface area contributed by atoms with E-state index in [4.69, 9.17) is 0 Å². The highest BCUT2D eigenvalue weighted by atomic mass is 79.9. The molecule has 80 valence electrons. The van der Waals surface area contributed by atoms with E-state index in [1.54, 1.807) is 0 Å².